The summed E-state index contributed by atoms with van der Waals surface area (Å²) in [5.74, 6) is 0.509. The zero-order valence-electron chi connectivity index (χ0n) is 14.8. The Morgan fingerprint density at radius 3 is 2.73 bits per heavy atom. The molecule has 0 aromatic heterocycles. The third kappa shape index (κ3) is 6.12. The standard InChI is InChI=1S/C17H23F3N4O2/c1-3-21-16(23-10-15(25)24(2)11-17(18,19)20)22-9-13-8-12-6-4-5-7-14(12)26-13/h4-7,13H,3,8-11H2,1-2H3,(H2,21,22,23). The van der Waals surface area contributed by atoms with Crippen LogP contribution in [0.5, 0.6) is 5.75 Å². The Kier molecular flexibility index (Phi) is 6.70. The molecule has 1 unspecified atom stereocenters. The maximum absolute atomic E-state index is 12.3. The van der Waals surface area contributed by atoms with Crippen molar-refractivity contribution < 1.29 is 22.7 Å². The molecular formula is C17H23F3N4O2. The summed E-state index contributed by atoms with van der Waals surface area (Å²) in [6.07, 6.45) is -3.73. The highest BCUT2D eigenvalue weighted by atomic mass is 19.4. The van der Waals surface area contributed by atoms with Gasteiger partial charge in [0.25, 0.3) is 0 Å². The van der Waals surface area contributed by atoms with E-state index < -0.39 is 18.6 Å². The van der Waals surface area contributed by atoms with Crippen molar-refractivity contribution in [1.29, 1.82) is 0 Å². The molecular weight excluding hydrogens is 349 g/mol. The van der Waals surface area contributed by atoms with Crippen molar-refractivity contribution in [2.75, 3.05) is 33.2 Å². The fraction of sp³-hybridized carbons (Fsp3) is 0.529. The van der Waals surface area contributed by atoms with Gasteiger partial charge in [0.15, 0.2) is 5.96 Å². The summed E-state index contributed by atoms with van der Waals surface area (Å²) in [4.78, 5) is 16.4. The van der Waals surface area contributed by atoms with E-state index >= 15 is 0 Å². The van der Waals surface area contributed by atoms with Crippen molar-refractivity contribution in [2.45, 2.75) is 25.6 Å². The Balaban J connectivity index is 1.84. The highest BCUT2D eigenvalue weighted by Gasteiger charge is 2.31. The average molecular weight is 372 g/mol. The summed E-state index contributed by atoms with van der Waals surface area (Å²) in [7, 11) is 1.11. The highest BCUT2D eigenvalue weighted by Crippen LogP contribution is 2.27. The number of benzene rings is 1. The van der Waals surface area contributed by atoms with Gasteiger partial charge >= 0.3 is 6.18 Å². The fourth-order valence-electron chi connectivity index (χ4n) is 2.54. The first-order chi connectivity index (χ1) is 12.3. The summed E-state index contributed by atoms with van der Waals surface area (Å²) in [6, 6.07) is 7.77. The molecule has 0 saturated carbocycles. The molecule has 9 heteroatoms. The summed E-state index contributed by atoms with van der Waals surface area (Å²) in [5, 5.41) is 6.02. The van der Waals surface area contributed by atoms with Crippen molar-refractivity contribution in [3.05, 3.63) is 29.8 Å². The van der Waals surface area contributed by atoms with Crippen LogP contribution in [0.3, 0.4) is 0 Å². The van der Waals surface area contributed by atoms with E-state index in [4.69, 9.17) is 4.74 Å². The molecule has 1 amide bonds. The average Bonchev–Trinajstić information content (AvgIpc) is 2.98. The van der Waals surface area contributed by atoms with Crippen molar-refractivity contribution in [1.82, 2.24) is 15.5 Å². The first-order valence-corrected chi connectivity index (χ1v) is 8.36. The number of nitrogens with zero attached hydrogens (tertiary/aromatic N) is 2. The largest absolute Gasteiger partial charge is 0.488 e. The lowest BCUT2D eigenvalue weighted by Crippen LogP contribution is -2.43. The maximum Gasteiger partial charge on any atom is 0.406 e. The number of nitrogens with one attached hydrogen (secondary N) is 2. The van der Waals surface area contributed by atoms with Gasteiger partial charge in [-0.25, -0.2) is 4.99 Å². The van der Waals surface area contributed by atoms with Crippen LogP contribution >= 0.6 is 0 Å². The predicted molar refractivity (Wildman–Crippen MR) is 92.2 cm³/mol. The van der Waals surface area contributed by atoms with Gasteiger partial charge in [-0.1, -0.05) is 18.2 Å². The number of halogens is 3. The molecule has 26 heavy (non-hydrogen) atoms. The highest BCUT2D eigenvalue weighted by molar-refractivity contribution is 5.84. The van der Waals surface area contributed by atoms with E-state index in [1.54, 1.807) is 0 Å². The number of para-hydroxylation sites is 1. The van der Waals surface area contributed by atoms with Gasteiger partial charge in [-0.2, -0.15) is 13.2 Å². The lowest BCUT2D eigenvalue weighted by Gasteiger charge is -2.19. The van der Waals surface area contributed by atoms with Crippen molar-refractivity contribution in [2.24, 2.45) is 4.99 Å². The van der Waals surface area contributed by atoms with E-state index in [1.807, 2.05) is 31.2 Å². The molecule has 1 atom stereocenters. The van der Waals surface area contributed by atoms with Gasteiger partial charge < -0.3 is 20.3 Å². The number of likely N-dealkylation sites (N-methyl/N-ethyl adjacent to an activating group) is 1. The van der Waals surface area contributed by atoms with E-state index in [9.17, 15) is 18.0 Å². The molecule has 0 fully saturated rings. The molecule has 0 saturated heterocycles. The van der Waals surface area contributed by atoms with Crippen LogP contribution in [0.4, 0.5) is 13.2 Å². The lowest BCUT2D eigenvalue weighted by atomic mass is 10.1. The van der Waals surface area contributed by atoms with Gasteiger partial charge in [-0.3, -0.25) is 4.79 Å². The van der Waals surface area contributed by atoms with Gasteiger partial charge in [-0.15, -0.1) is 0 Å². The van der Waals surface area contributed by atoms with E-state index in [0.29, 0.717) is 23.9 Å². The second-order valence-electron chi connectivity index (χ2n) is 5.99. The number of carbonyl (C=O) groups excluding carboxylic acids is 1. The molecule has 1 aliphatic rings. The van der Waals surface area contributed by atoms with E-state index in [0.717, 1.165) is 24.8 Å². The first-order valence-electron chi connectivity index (χ1n) is 8.36. The van der Waals surface area contributed by atoms with Crippen LogP contribution in [-0.4, -0.2) is 62.3 Å². The smallest absolute Gasteiger partial charge is 0.406 e. The SMILES string of the molecule is CCNC(=NCC(=O)N(C)CC(F)(F)F)NCC1Cc2ccccc2O1. The molecule has 2 rings (SSSR count). The molecule has 0 bridgehead atoms. The van der Waals surface area contributed by atoms with Crippen molar-refractivity contribution >= 4 is 11.9 Å². The van der Waals surface area contributed by atoms with E-state index in [-0.39, 0.29) is 12.6 Å². The number of alkyl halides is 3. The van der Waals surface area contributed by atoms with Crippen LogP contribution in [0.25, 0.3) is 0 Å². The number of carbonyl (C=O) groups is 1. The zero-order valence-corrected chi connectivity index (χ0v) is 14.8. The Hall–Kier alpha value is -2.45. The molecule has 1 aromatic rings. The Morgan fingerprint density at radius 1 is 1.35 bits per heavy atom. The minimum Gasteiger partial charge on any atom is -0.488 e. The minimum atomic E-state index is -4.42. The number of guanidine groups is 1. The van der Waals surface area contributed by atoms with Crippen molar-refractivity contribution in [3.63, 3.8) is 0 Å². The van der Waals surface area contributed by atoms with Gasteiger partial charge in [0.1, 0.15) is 24.9 Å². The molecule has 2 N–H and O–H groups in total. The summed E-state index contributed by atoms with van der Waals surface area (Å²) < 4.78 is 42.8. The molecule has 6 nitrogen and oxygen atoms in total. The maximum atomic E-state index is 12.3. The van der Waals surface area contributed by atoms with E-state index in [1.165, 1.54) is 0 Å². The summed E-state index contributed by atoms with van der Waals surface area (Å²) in [5.41, 5.74) is 1.13. The number of fused-ring (bicyclic) bond motifs is 1. The monoisotopic (exact) mass is 372 g/mol. The number of aliphatic imine (C=N–C) groups is 1. The quantitative estimate of drug-likeness (QED) is 0.588. The third-order valence-electron chi connectivity index (χ3n) is 3.77. The number of amides is 1. The number of hydrogen-bond donors (Lipinski definition) is 2. The Morgan fingerprint density at radius 2 is 2.08 bits per heavy atom. The molecule has 0 aliphatic carbocycles. The third-order valence-corrected chi connectivity index (χ3v) is 3.77. The summed E-state index contributed by atoms with van der Waals surface area (Å²) >= 11 is 0. The number of rotatable bonds is 6. The summed E-state index contributed by atoms with van der Waals surface area (Å²) in [6.45, 7) is 1.22. The van der Waals surface area contributed by atoms with Crippen molar-refractivity contribution in [3.8, 4) is 5.75 Å². The predicted octanol–water partition coefficient (Wildman–Crippen LogP) is 1.57. The Bertz CT molecular complexity index is 624. The molecule has 1 heterocycles. The molecule has 0 radical (unpaired) electrons. The first kappa shape index (κ1) is 19.9. The topological polar surface area (TPSA) is 66.0 Å². The van der Waals surface area contributed by atoms with Crippen LogP contribution < -0.4 is 15.4 Å². The van der Waals surface area contributed by atoms with Crippen LogP contribution in [0.2, 0.25) is 0 Å². The minimum absolute atomic E-state index is 0.0696. The van der Waals surface area contributed by atoms with Gasteiger partial charge in [-0.05, 0) is 18.6 Å². The molecule has 144 valence electrons. The second kappa shape index (κ2) is 8.77. The van der Waals surface area contributed by atoms with Gasteiger partial charge in [0, 0.05) is 20.0 Å². The zero-order chi connectivity index (χ0) is 19.2. The normalized spacial score (nSPS) is 16.7. The van der Waals surface area contributed by atoms with Gasteiger partial charge in [0.2, 0.25) is 5.91 Å². The molecule has 0 spiro atoms. The molecule has 1 aromatic carbocycles. The molecule has 1 aliphatic heterocycles. The second-order valence-corrected chi connectivity index (χ2v) is 5.99. The van der Waals surface area contributed by atoms with E-state index in [2.05, 4.69) is 15.6 Å². The van der Waals surface area contributed by atoms with Crippen LogP contribution in [0.15, 0.2) is 29.3 Å². The fourth-order valence-corrected chi connectivity index (χ4v) is 2.54. The number of hydrogen-bond acceptors (Lipinski definition) is 3. The number of ether oxygens (including phenoxy) is 1. The van der Waals surface area contributed by atoms with Crippen LogP contribution in [0.1, 0.15) is 12.5 Å². The Labute approximate surface area is 150 Å². The van der Waals surface area contributed by atoms with Crippen LogP contribution in [0, 0.1) is 0 Å². The lowest BCUT2D eigenvalue weighted by molar-refractivity contribution is -0.157. The van der Waals surface area contributed by atoms with Crippen LogP contribution in [-0.2, 0) is 11.2 Å². The van der Waals surface area contributed by atoms with Gasteiger partial charge in [0.05, 0.1) is 6.54 Å².